The summed E-state index contributed by atoms with van der Waals surface area (Å²) in [4.78, 5) is 0. The van der Waals surface area contributed by atoms with Gasteiger partial charge in [0.1, 0.15) is 11.6 Å². The predicted molar refractivity (Wildman–Crippen MR) is 94.8 cm³/mol. The average Bonchev–Trinajstić information content (AvgIpc) is 2.36. The second kappa shape index (κ2) is 7.31. The molecule has 0 atom stereocenters. The lowest BCUT2D eigenvalue weighted by atomic mass is 10.2. The zero-order valence-corrected chi connectivity index (χ0v) is 16.3. The van der Waals surface area contributed by atoms with Crippen LogP contribution in [-0.2, 0) is 6.54 Å². The van der Waals surface area contributed by atoms with Crippen molar-refractivity contribution in [3.05, 3.63) is 54.1 Å². The molecule has 0 fully saturated rings. The van der Waals surface area contributed by atoms with Gasteiger partial charge in [-0.2, -0.15) is 0 Å². The van der Waals surface area contributed by atoms with Gasteiger partial charge in [0.05, 0.1) is 22.3 Å². The zero-order valence-electron chi connectivity index (χ0n) is 10.8. The molecule has 2 aromatic rings. The van der Waals surface area contributed by atoms with Crippen LogP contribution in [0.25, 0.3) is 0 Å². The van der Waals surface area contributed by atoms with Crippen LogP contribution >= 0.6 is 59.4 Å². The molecular formula is C14H10Br3ClFNO. The molecule has 21 heavy (non-hydrogen) atoms. The van der Waals surface area contributed by atoms with Gasteiger partial charge in [-0.3, -0.25) is 0 Å². The fraction of sp³-hybridized carbons (Fsp3) is 0.143. The molecular weight excluding hydrogens is 492 g/mol. The number of methoxy groups -OCH3 is 1. The van der Waals surface area contributed by atoms with E-state index in [2.05, 4.69) is 53.1 Å². The smallest absolute Gasteiger partial charge is 0.138 e. The Hall–Kier alpha value is -0.300. The maximum absolute atomic E-state index is 13.2. The summed E-state index contributed by atoms with van der Waals surface area (Å²) in [5.41, 5.74) is 1.57. The minimum atomic E-state index is -0.389. The summed E-state index contributed by atoms with van der Waals surface area (Å²) in [5.74, 6) is 0.347. The quantitative estimate of drug-likeness (QED) is 0.524. The molecule has 0 unspecified atom stereocenters. The first kappa shape index (κ1) is 17.1. The van der Waals surface area contributed by atoms with Crippen LogP contribution in [0.2, 0.25) is 5.02 Å². The van der Waals surface area contributed by atoms with Gasteiger partial charge in [-0.15, -0.1) is 0 Å². The van der Waals surface area contributed by atoms with Crippen LogP contribution in [-0.4, -0.2) is 7.11 Å². The summed E-state index contributed by atoms with van der Waals surface area (Å²) in [6.45, 7) is 0.477. The van der Waals surface area contributed by atoms with Crippen LogP contribution in [0.15, 0.2) is 37.7 Å². The van der Waals surface area contributed by atoms with E-state index >= 15 is 0 Å². The van der Waals surface area contributed by atoms with Gasteiger partial charge in [0.2, 0.25) is 0 Å². The third-order valence-electron chi connectivity index (χ3n) is 2.75. The topological polar surface area (TPSA) is 21.3 Å². The summed E-state index contributed by atoms with van der Waals surface area (Å²) in [6, 6.07) is 6.48. The molecule has 2 rings (SSSR count). The molecule has 0 aliphatic heterocycles. The van der Waals surface area contributed by atoms with Crippen LogP contribution in [0.3, 0.4) is 0 Å². The lowest BCUT2D eigenvalue weighted by molar-refractivity contribution is 0.407. The average molecular weight is 502 g/mol. The summed E-state index contributed by atoms with van der Waals surface area (Å²) in [6.07, 6.45) is 0. The lowest BCUT2D eigenvalue weighted by Gasteiger charge is -2.15. The van der Waals surface area contributed by atoms with Crippen LogP contribution in [0, 0.1) is 5.82 Å². The van der Waals surface area contributed by atoms with Crippen LogP contribution in [0.5, 0.6) is 5.75 Å². The van der Waals surface area contributed by atoms with E-state index in [1.807, 2.05) is 12.1 Å². The second-order valence-corrected chi connectivity index (χ2v) is 7.21. The molecule has 0 heterocycles. The van der Waals surface area contributed by atoms with Crippen molar-refractivity contribution in [2.45, 2.75) is 6.54 Å². The van der Waals surface area contributed by atoms with Gasteiger partial charge in [-0.05, 0) is 56.1 Å². The van der Waals surface area contributed by atoms with Crippen molar-refractivity contribution >= 4 is 65.1 Å². The minimum Gasteiger partial charge on any atom is -0.495 e. The van der Waals surface area contributed by atoms with E-state index in [0.29, 0.717) is 21.7 Å². The molecule has 2 aromatic carbocycles. The van der Waals surface area contributed by atoms with Gasteiger partial charge in [-0.1, -0.05) is 27.5 Å². The molecule has 0 radical (unpaired) electrons. The summed E-state index contributed by atoms with van der Waals surface area (Å²) in [5, 5.41) is 3.50. The SMILES string of the molecule is COc1c(Br)cc(Br)cc1CNc1c(Cl)cc(F)cc1Br. The molecule has 1 N–H and O–H groups in total. The number of benzene rings is 2. The highest BCUT2D eigenvalue weighted by Crippen LogP contribution is 2.35. The summed E-state index contributed by atoms with van der Waals surface area (Å²) in [7, 11) is 1.61. The van der Waals surface area contributed by atoms with Crippen LogP contribution in [0.4, 0.5) is 10.1 Å². The highest BCUT2D eigenvalue weighted by atomic mass is 79.9. The molecule has 0 saturated heterocycles. The van der Waals surface area contributed by atoms with E-state index in [4.69, 9.17) is 16.3 Å². The largest absolute Gasteiger partial charge is 0.495 e. The summed E-state index contributed by atoms with van der Waals surface area (Å²) < 4.78 is 21.0. The Labute approximate surface area is 152 Å². The van der Waals surface area contributed by atoms with E-state index < -0.39 is 0 Å². The van der Waals surface area contributed by atoms with Crippen molar-refractivity contribution in [1.82, 2.24) is 0 Å². The first-order valence-electron chi connectivity index (χ1n) is 5.82. The number of anilines is 1. The maximum atomic E-state index is 13.2. The predicted octanol–water partition coefficient (Wildman–Crippen LogP) is 6.39. The Morgan fingerprint density at radius 2 is 1.86 bits per heavy atom. The number of hydrogen-bond acceptors (Lipinski definition) is 2. The number of nitrogens with one attached hydrogen (secondary N) is 1. The van der Waals surface area contributed by atoms with Crippen molar-refractivity contribution in [3.63, 3.8) is 0 Å². The molecule has 2 nitrogen and oxygen atoms in total. The third kappa shape index (κ3) is 4.12. The number of hydrogen-bond donors (Lipinski definition) is 1. The Bertz CT molecular complexity index is 659. The Kier molecular flexibility index (Phi) is 5.94. The number of halogens is 5. The summed E-state index contributed by atoms with van der Waals surface area (Å²) >= 11 is 16.3. The van der Waals surface area contributed by atoms with Gasteiger partial charge in [0.15, 0.2) is 0 Å². The van der Waals surface area contributed by atoms with Crippen molar-refractivity contribution in [3.8, 4) is 5.75 Å². The van der Waals surface area contributed by atoms with Gasteiger partial charge in [-0.25, -0.2) is 4.39 Å². The molecule has 0 amide bonds. The van der Waals surface area contributed by atoms with Crippen molar-refractivity contribution < 1.29 is 9.13 Å². The first-order valence-corrected chi connectivity index (χ1v) is 8.58. The standard InChI is InChI=1S/C14H10Br3ClFNO/c1-21-14-7(2-8(15)3-11(14)17)6-20-13-10(16)4-9(19)5-12(13)18/h2-5,20H,6H2,1H3. The molecule has 0 saturated carbocycles. The Balaban J connectivity index is 2.29. The molecule has 0 spiro atoms. The zero-order chi connectivity index (χ0) is 15.6. The number of rotatable bonds is 4. The van der Waals surface area contributed by atoms with Crippen molar-refractivity contribution in [1.29, 1.82) is 0 Å². The van der Waals surface area contributed by atoms with Gasteiger partial charge >= 0.3 is 0 Å². The van der Waals surface area contributed by atoms with E-state index in [1.165, 1.54) is 12.1 Å². The highest BCUT2D eigenvalue weighted by Gasteiger charge is 2.12. The normalized spacial score (nSPS) is 10.6. The Morgan fingerprint density at radius 1 is 1.14 bits per heavy atom. The van der Waals surface area contributed by atoms with Crippen molar-refractivity contribution in [2.75, 3.05) is 12.4 Å². The second-order valence-electron chi connectivity index (χ2n) is 4.18. The minimum absolute atomic E-state index is 0.315. The fourth-order valence-electron chi connectivity index (χ4n) is 1.87. The fourth-order valence-corrected chi connectivity index (χ4v) is 4.30. The monoisotopic (exact) mass is 499 g/mol. The molecule has 0 aromatic heterocycles. The lowest BCUT2D eigenvalue weighted by Crippen LogP contribution is -2.04. The van der Waals surface area contributed by atoms with E-state index in [0.717, 1.165) is 20.3 Å². The van der Waals surface area contributed by atoms with Crippen molar-refractivity contribution in [2.24, 2.45) is 0 Å². The van der Waals surface area contributed by atoms with Crippen LogP contribution < -0.4 is 10.1 Å². The van der Waals surface area contributed by atoms with Crippen LogP contribution in [0.1, 0.15) is 5.56 Å². The van der Waals surface area contributed by atoms with Gasteiger partial charge < -0.3 is 10.1 Å². The molecule has 0 aliphatic rings. The third-order valence-corrected chi connectivity index (χ3v) is 4.72. The highest BCUT2D eigenvalue weighted by molar-refractivity contribution is 9.11. The molecule has 7 heteroatoms. The van der Waals surface area contributed by atoms with E-state index in [1.54, 1.807) is 7.11 Å². The molecule has 0 bridgehead atoms. The first-order chi connectivity index (χ1) is 9.92. The Morgan fingerprint density at radius 3 is 2.48 bits per heavy atom. The van der Waals surface area contributed by atoms with Gasteiger partial charge in [0.25, 0.3) is 0 Å². The van der Waals surface area contributed by atoms with E-state index in [9.17, 15) is 4.39 Å². The maximum Gasteiger partial charge on any atom is 0.138 e. The number of ether oxygens (including phenoxy) is 1. The van der Waals surface area contributed by atoms with Gasteiger partial charge in [0, 0.05) is 21.1 Å². The molecule has 0 aliphatic carbocycles. The molecule has 112 valence electrons. The van der Waals surface area contributed by atoms with E-state index in [-0.39, 0.29) is 5.82 Å².